The lowest BCUT2D eigenvalue weighted by atomic mass is 10.00. The van der Waals surface area contributed by atoms with E-state index in [1.165, 1.54) is 6.07 Å². The van der Waals surface area contributed by atoms with Gasteiger partial charge >= 0.3 is 5.97 Å². The highest BCUT2D eigenvalue weighted by Gasteiger charge is 2.29. The number of carboxylic acids is 1. The maximum Gasteiger partial charge on any atom is 0.326 e. The number of carboxylic acid groups (broad SMARTS) is 1. The number of aliphatic carboxylic acids is 1. The molecule has 0 fully saturated rings. The second kappa shape index (κ2) is 10.4. The first kappa shape index (κ1) is 24.1. The van der Waals surface area contributed by atoms with Gasteiger partial charge in [-0.1, -0.05) is 32.0 Å². The number of nitrogens with one attached hydrogen (secondary N) is 2. The minimum Gasteiger partial charge on any atom is -0.504 e. The number of phenolic OH excluding ortho intramolecular Hbond substituents is 1. The van der Waals surface area contributed by atoms with Gasteiger partial charge in [-0.15, -0.1) is 0 Å². The summed E-state index contributed by atoms with van der Waals surface area (Å²) >= 11 is 0. The lowest BCUT2D eigenvalue weighted by Gasteiger charge is -2.24. The third kappa shape index (κ3) is 6.45. The quantitative estimate of drug-likeness (QED) is 0.473. The van der Waals surface area contributed by atoms with Crippen molar-refractivity contribution < 1.29 is 29.3 Å². The summed E-state index contributed by atoms with van der Waals surface area (Å²) in [6.07, 6.45) is 0.516. The van der Waals surface area contributed by atoms with Crippen molar-refractivity contribution in [2.75, 3.05) is 0 Å². The van der Waals surface area contributed by atoms with Gasteiger partial charge in [0.2, 0.25) is 11.8 Å². The van der Waals surface area contributed by atoms with Crippen molar-refractivity contribution >= 4 is 17.8 Å². The molecule has 33 heavy (non-hydrogen) atoms. The maximum atomic E-state index is 12.9. The standard InChI is InChI=1S/C24H29N3O6/c1-13(2)9-18-23(30)27-19(24(31)32)11-14-3-6-16(7-4-14)33-21-12-15(5-8-20(21)28)10-17(25)22(29)26-18/h3-8,12-13,17-19,28H,9-11,25H2,1-2H3,(H,26,29)(H,27,30)(H,31,32)/t17?,18?,19-/m0/s1. The topological polar surface area (TPSA) is 151 Å². The summed E-state index contributed by atoms with van der Waals surface area (Å²) in [5.74, 6) is -1.66. The number of fused-ring (bicyclic) bond motifs is 10. The van der Waals surface area contributed by atoms with Gasteiger partial charge in [0.1, 0.15) is 17.8 Å². The molecule has 4 rings (SSSR count). The monoisotopic (exact) mass is 455 g/mol. The molecular formula is C24H29N3O6. The Morgan fingerprint density at radius 3 is 2.36 bits per heavy atom. The largest absolute Gasteiger partial charge is 0.504 e. The van der Waals surface area contributed by atoms with Crippen molar-refractivity contribution in [1.29, 1.82) is 0 Å². The number of hydrogen-bond donors (Lipinski definition) is 5. The van der Waals surface area contributed by atoms with E-state index in [1.807, 2.05) is 13.8 Å². The van der Waals surface area contributed by atoms with Crippen molar-refractivity contribution in [3.8, 4) is 17.2 Å². The van der Waals surface area contributed by atoms with Gasteiger partial charge in [-0.25, -0.2) is 4.79 Å². The molecule has 2 unspecified atom stereocenters. The van der Waals surface area contributed by atoms with Crippen LogP contribution in [0.15, 0.2) is 42.5 Å². The van der Waals surface area contributed by atoms with E-state index < -0.39 is 35.9 Å². The van der Waals surface area contributed by atoms with Crippen LogP contribution in [0.5, 0.6) is 17.2 Å². The molecule has 2 aromatic rings. The Bertz CT molecular complexity index is 1020. The molecule has 2 aromatic carbocycles. The first-order valence-corrected chi connectivity index (χ1v) is 10.8. The van der Waals surface area contributed by atoms with Crippen LogP contribution in [0.3, 0.4) is 0 Å². The van der Waals surface area contributed by atoms with Gasteiger partial charge in [-0.05, 0) is 54.2 Å². The third-order valence-electron chi connectivity index (χ3n) is 5.36. The van der Waals surface area contributed by atoms with E-state index in [0.29, 0.717) is 23.3 Å². The SMILES string of the molecule is CC(C)CC1NC(=O)C(N)Cc2ccc(O)c(c2)Oc2ccc(cc2)C[C@@H](C(=O)O)NC1=O. The summed E-state index contributed by atoms with van der Waals surface area (Å²) in [6, 6.07) is 8.33. The number of rotatable bonds is 3. The van der Waals surface area contributed by atoms with Crippen LogP contribution in [0.25, 0.3) is 0 Å². The average Bonchev–Trinajstić information content (AvgIpc) is 2.75. The van der Waals surface area contributed by atoms with Crippen molar-refractivity contribution in [1.82, 2.24) is 10.6 Å². The molecule has 0 radical (unpaired) electrons. The zero-order chi connectivity index (χ0) is 24.1. The Labute approximate surface area is 191 Å². The highest BCUT2D eigenvalue weighted by Crippen LogP contribution is 2.32. The Kier molecular flexibility index (Phi) is 7.55. The Balaban J connectivity index is 1.98. The summed E-state index contributed by atoms with van der Waals surface area (Å²) < 4.78 is 5.76. The van der Waals surface area contributed by atoms with Gasteiger partial charge in [-0.3, -0.25) is 9.59 Å². The van der Waals surface area contributed by atoms with Crippen molar-refractivity contribution in [3.05, 3.63) is 53.6 Å². The number of amides is 2. The number of benzene rings is 2. The van der Waals surface area contributed by atoms with Crippen molar-refractivity contribution in [2.24, 2.45) is 11.7 Å². The molecule has 2 aliphatic heterocycles. The van der Waals surface area contributed by atoms with E-state index in [2.05, 4.69) is 10.6 Å². The van der Waals surface area contributed by atoms with Gasteiger partial charge in [0, 0.05) is 6.42 Å². The van der Waals surface area contributed by atoms with Gasteiger partial charge < -0.3 is 31.3 Å². The summed E-state index contributed by atoms with van der Waals surface area (Å²) in [5, 5.41) is 25.0. The first-order valence-electron chi connectivity index (χ1n) is 10.8. The van der Waals surface area contributed by atoms with Crippen LogP contribution in [0.2, 0.25) is 0 Å². The Morgan fingerprint density at radius 2 is 1.73 bits per heavy atom. The van der Waals surface area contributed by atoms with Gasteiger partial charge in [0.05, 0.1) is 6.04 Å². The van der Waals surface area contributed by atoms with Crippen molar-refractivity contribution in [2.45, 2.75) is 51.2 Å². The van der Waals surface area contributed by atoms with Crippen LogP contribution >= 0.6 is 0 Å². The zero-order valence-electron chi connectivity index (χ0n) is 18.6. The molecule has 9 heteroatoms. The predicted molar refractivity (Wildman–Crippen MR) is 121 cm³/mol. The number of phenols is 1. The molecule has 176 valence electrons. The maximum absolute atomic E-state index is 12.9. The Hall–Kier alpha value is -3.59. The summed E-state index contributed by atoms with van der Waals surface area (Å²) in [6.45, 7) is 3.80. The number of hydrogen-bond acceptors (Lipinski definition) is 6. The predicted octanol–water partition coefficient (Wildman–Crippen LogP) is 1.71. The lowest BCUT2D eigenvalue weighted by molar-refractivity contribution is -0.142. The molecule has 4 bridgehead atoms. The number of carbonyl (C=O) groups excluding carboxylic acids is 2. The summed E-state index contributed by atoms with van der Waals surface area (Å²) in [4.78, 5) is 37.5. The zero-order valence-corrected chi connectivity index (χ0v) is 18.6. The van der Waals surface area contributed by atoms with Crippen LogP contribution in [-0.2, 0) is 27.2 Å². The van der Waals surface area contributed by atoms with Crippen LogP contribution in [-0.4, -0.2) is 46.1 Å². The van der Waals surface area contributed by atoms with Crippen LogP contribution in [0.4, 0.5) is 0 Å². The van der Waals surface area contributed by atoms with E-state index >= 15 is 0 Å². The molecular weight excluding hydrogens is 426 g/mol. The van der Waals surface area contributed by atoms with Gasteiger partial charge in [0.15, 0.2) is 11.5 Å². The molecule has 0 saturated carbocycles. The molecule has 0 spiro atoms. The molecule has 2 amide bonds. The smallest absolute Gasteiger partial charge is 0.326 e. The first-order chi connectivity index (χ1) is 15.6. The minimum atomic E-state index is -1.19. The number of ether oxygens (including phenoxy) is 1. The van der Waals surface area contributed by atoms with E-state index in [0.717, 1.165) is 0 Å². The minimum absolute atomic E-state index is 0.0456. The highest BCUT2D eigenvalue weighted by atomic mass is 16.5. The third-order valence-corrected chi connectivity index (χ3v) is 5.36. The molecule has 0 saturated heterocycles. The van der Waals surface area contributed by atoms with E-state index in [9.17, 15) is 24.6 Å². The van der Waals surface area contributed by atoms with E-state index in [4.69, 9.17) is 10.5 Å². The summed E-state index contributed by atoms with van der Waals surface area (Å²) in [5.41, 5.74) is 7.43. The molecule has 9 nitrogen and oxygen atoms in total. The molecule has 2 heterocycles. The van der Waals surface area contributed by atoms with E-state index in [1.54, 1.807) is 36.4 Å². The summed E-state index contributed by atoms with van der Waals surface area (Å²) in [7, 11) is 0. The molecule has 3 atom stereocenters. The Morgan fingerprint density at radius 1 is 1.06 bits per heavy atom. The number of aromatic hydroxyl groups is 1. The fraction of sp³-hybridized carbons (Fsp3) is 0.375. The van der Waals surface area contributed by atoms with Gasteiger partial charge in [0.25, 0.3) is 0 Å². The second-order valence-corrected chi connectivity index (χ2v) is 8.65. The van der Waals surface area contributed by atoms with Crippen molar-refractivity contribution in [3.63, 3.8) is 0 Å². The molecule has 0 aromatic heterocycles. The fourth-order valence-corrected chi connectivity index (χ4v) is 3.62. The van der Waals surface area contributed by atoms with Gasteiger partial charge in [-0.2, -0.15) is 0 Å². The molecule has 6 N–H and O–H groups in total. The number of nitrogens with two attached hydrogens (primary N) is 1. The second-order valence-electron chi connectivity index (χ2n) is 8.65. The van der Waals surface area contributed by atoms with Crippen LogP contribution < -0.4 is 21.1 Å². The highest BCUT2D eigenvalue weighted by molar-refractivity contribution is 5.92. The fourth-order valence-electron chi connectivity index (χ4n) is 3.62. The van der Waals surface area contributed by atoms with Crippen LogP contribution in [0, 0.1) is 5.92 Å². The van der Waals surface area contributed by atoms with E-state index in [-0.39, 0.29) is 30.3 Å². The molecule has 2 aliphatic rings. The normalized spacial score (nSPS) is 21.6. The van der Waals surface area contributed by atoms with Crippen LogP contribution in [0.1, 0.15) is 31.4 Å². The lowest BCUT2D eigenvalue weighted by Crippen LogP contribution is -2.55. The number of carbonyl (C=O) groups is 3. The molecule has 0 aliphatic carbocycles. The average molecular weight is 456 g/mol.